The lowest BCUT2D eigenvalue weighted by Gasteiger charge is -2.05. The topological polar surface area (TPSA) is 155 Å². The number of nitrogens with zero attached hydrogens (tertiary/aromatic N) is 2. The second-order valence-corrected chi connectivity index (χ2v) is 3.66. The number of H-pyrrole nitrogens is 2. The van der Waals surface area contributed by atoms with Gasteiger partial charge in [0.1, 0.15) is 11.6 Å². The monoisotopic (exact) mass is 251 g/mol. The minimum absolute atomic E-state index is 0.0809. The smallest absolute Gasteiger partial charge is 0.312 e. The van der Waals surface area contributed by atoms with E-state index in [9.17, 15) is 14.4 Å². The van der Waals surface area contributed by atoms with Gasteiger partial charge in [-0.15, -0.1) is 0 Å². The molecule has 0 radical (unpaired) electrons. The van der Waals surface area contributed by atoms with Crippen LogP contribution in [-0.4, -0.2) is 31.0 Å². The Kier molecular flexibility index (Phi) is 2.58. The molecule has 0 aliphatic carbocycles. The number of carbonyl (C=O) groups is 1. The number of nitrogen functional groups attached to an aromatic ring is 1. The lowest BCUT2D eigenvalue weighted by Crippen LogP contribution is -2.25. The number of carboxylic acids is 1. The molecule has 2 aromatic heterocycles. The zero-order valence-corrected chi connectivity index (χ0v) is 9.22. The third-order valence-corrected chi connectivity index (χ3v) is 2.39. The normalized spacial score (nSPS) is 12.5. The van der Waals surface area contributed by atoms with Crippen LogP contribution in [-0.2, 0) is 4.79 Å². The number of carboxylic acid groups (broad SMARTS) is 1. The summed E-state index contributed by atoms with van der Waals surface area (Å²) in [5.41, 5.74) is 3.45. The maximum absolute atomic E-state index is 11.6. The van der Waals surface area contributed by atoms with E-state index >= 15 is 0 Å². The van der Waals surface area contributed by atoms with E-state index in [-0.39, 0.29) is 22.8 Å². The fraction of sp³-hybridized carbons (Fsp3) is 0.222. The van der Waals surface area contributed by atoms with Gasteiger partial charge in [0, 0.05) is 0 Å². The van der Waals surface area contributed by atoms with Crippen molar-refractivity contribution in [3.63, 3.8) is 0 Å². The largest absolute Gasteiger partial charge is 0.481 e. The molecule has 1 atom stereocenters. The van der Waals surface area contributed by atoms with Gasteiger partial charge in [-0.05, 0) is 6.92 Å². The number of rotatable bonds is 2. The number of aliphatic carboxylic acids is 1. The standard InChI is InChI=1S/C9H9N5O4/c1-2(8(17)18)3-6(15)12-5-4(11-3)7(16)14-9(10)13-5/h2H,1H3,(H,17,18)(H4,10,12,13,14,15,16). The Bertz CT molecular complexity index is 747. The van der Waals surface area contributed by atoms with E-state index < -0.39 is 23.0 Å². The Morgan fingerprint density at radius 3 is 2.56 bits per heavy atom. The fourth-order valence-electron chi connectivity index (χ4n) is 1.43. The van der Waals surface area contributed by atoms with E-state index in [4.69, 9.17) is 10.8 Å². The minimum Gasteiger partial charge on any atom is -0.481 e. The highest BCUT2D eigenvalue weighted by Crippen LogP contribution is 2.09. The first-order valence-corrected chi connectivity index (χ1v) is 4.92. The van der Waals surface area contributed by atoms with Gasteiger partial charge in [-0.1, -0.05) is 0 Å². The molecule has 0 bridgehead atoms. The van der Waals surface area contributed by atoms with Crippen LogP contribution in [0.4, 0.5) is 5.95 Å². The molecule has 0 saturated heterocycles. The predicted octanol–water partition coefficient (Wildman–Crippen LogP) is -1.22. The van der Waals surface area contributed by atoms with Gasteiger partial charge in [0.15, 0.2) is 11.2 Å². The molecule has 18 heavy (non-hydrogen) atoms. The van der Waals surface area contributed by atoms with Crippen molar-refractivity contribution in [3.05, 3.63) is 26.4 Å². The van der Waals surface area contributed by atoms with Gasteiger partial charge in [-0.2, -0.15) is 4.98 Å². The Hall–Kier alpha value is -2.71. The van der Waals surface area contributed by atoms with Crippen molar-refractivity contribution < 1.29 is 9.90 Å². The van der Waals surface area contributed by atoms with Crippen molar-refractivity contribution in [2.45, 2.75) is 12.8 Å². The summed E-state index contributed by atoms with van der Waals surface area (Å²) >= 11 is 0. The fourth-order valence-corrected chi connectivity index (χ4v) is 1.43. The van der Waals surface area contributed by atoms with Crippen LogP contribution >= 0.6 is 0 Å². The molecule has 1 unspecified atom stereocenters. The van der Waals surface area contributed by atoms with Crippen molar-refractivity contribution in [2.24, 2.45) is 0 Å². The number of hydrogen-bond acceptors (Lipinski definition) is 6. The summed E-state index contributed by atoms with van der Waals surface area (Å²) in [7, 11) is 0. The Morgan fingerprint density at radius 1 is 1.28 bits per heavy atom. The lowest BCUT2D eigenvalue weighted by atomic mass is 10.1. The third kappa shape index (κ3) is 1.81. The Morgan fingerprint density at radius 2 is 1.94 bits per heavy atom. The van der Waals surface area contributed by atoms with Crippen LogP contribution < -0.4 is 16.9 Å². The molecule has 5 N–H and O–H groups in total. The van der Waals surface area contributed by atoms with Gasteiger partial charge >= 0.3 is 5.97 Å². The van der Waals surface area contributed by atoms with E-state index in [2.05, 4.69) is 19.9 Å². The minimum atomic E-state index is -1.22. The van der Waals surface area contributed by atoms with Crippen molar-refractivity contribution in [3.8, 4) is 0 Å². The first-order valence-electron chi connectivity index (χ1n) is 4.92. The summed E-state index contributed by atoms with van der Waals surface area (Å²) in [4.78, 5) is 45.9. The number of hydrogen-bond donors (Lipinski definition) is 4. The molecule has 0 aliphatic rings. The van der Waals surface area contributed by atoms with Crippen LogP contribution in [0.1, 0.15) is 18.5 Å². The number of nitrogens with two attached hydrogens (primary N) is 1. The SMILES string of the molecule is CC(C(=O)O)c1nc2c(=O)[nH]c(N)nc2[nH]c1=O. The molecule has 0 aliphatic heterocycles. The highest BCUT2D eigenvalue weighted by Gasteiger charge is 2.20. The van der Waals surface area contributed by atoms with Gasteiger partial charge in [0.25, 0.3) is 11.1 Å². The predicted molar refractivity (Wildman–Crippen MR) is 61.2 cm³/mol. The molecular formula is C9H9N5O4. The van der Waals surface area contributed by atoms with E-state index in [0.29, 0.717) is 0 Å². The second kappa shape index (κ2) is 3.95. The molecule has 2 rings (SSSR count). The van der Waals surface area contributed by atoms with E-state index in [1.54, 1.807) is 0 Å². The molecule has 0 spiro atoms. The zero-order valence-electron chi connectivity index (χ0n) is 9.22. The summed E-state index contributed by atoms with van der Waals surface area (Å²) in [5, 5.41) is 8.83. The van der Waals surface area contributed by atoms with Crippen LogP contribution in [0, 0.1) is 0 Å². The van der Waals surface area contributed by atoms with Crippen molar-refractivity contribution >= 4 is 23.1 Å². The first-order chi connectivity index (χ1) is 8.40. The third-order valence-electron chi connectivity index (χ3n) is 2.39. The van der Waals surface area contributed by atoms with Crippen LogP contribution in [0.5, 0.6) is 0 Å². The maximum Gasteiger partial charge on any atom is 0.312 e. The molecule has 0 amide bonds. The maximum atomic E-state index is 11.6. The molecule has 2 heterocycles. The highest BCUT2D eigenvalue weighted by molar-refractivity contribution is 5.76. The summed E-state index contributed by atoms with van der Waals surface area (Å²) in [5.74, 6) is -2.51. The number of aromatic amines is 2. The average molecular weight is 251 g/mol. The molecule has 0 saturated carbocycles. The van der Waals surface area contributed by atoms with Gasteiger partial charge in [0.2, 0.25) is 5.95 Å². The van der Waals surface area contributed by atoms with Crippen molar-refractivity contribution in [1.82, 2.24) is 19.9 Å². The first kappa shape index (κ1) is 11.8. The molecule has 0 aromatic carbocycles. The van der Waals surface area contributed by atoms with Crippen molar-refractivity contribution in [2.75, 3.05) is 5.73 Å². The zero-order chi connectivity index (χ0) is 13.4. The van der Waals surface area contributed by atoms with E-state index in [1.807, 2.05) is 0 Å². The van der Waals surface area contributed by atoms with Gasteiger partial charge in [0.05, 0.1) is 0 Å². The Balaban J connectivity index is 2.81. The summed E-state index contributed by atoms with van der Waals surface area (Å²) in [6, 6.07) is 0. The van der Waals surface area contributed by atoms with Crippen LogP contribution in [0.25, 0.3) is 11.2 Å². The highest BCUT2D eigenvalue weighted by atomic mass is 16.4. The van der Waals surface area contributed by atoms with Gasteiger partial charge in [-0.25, -0.2) is 4.98 Å². The molecule has 9 heteroatoms. The van der Waals surface area contributed by atoms with E-state index in [1.165, 1.54) is 6.92 Å². The average Bonchev–Trinajstić information content (AvgIpc) is 2.26. The Labute approximate surface area is 98.7 Å². The van der Waals surface area contributed by atoms with Crippen molar-refractivity contribution in [1.29, 1.82) is 0 Å². The van der Waals surface area contributed by atoms with Crippen LogP contribution in [0.2, 0.25) is 0 Å². The number of fused-ring (bicyclic) bond motifs is 1. The molecular weight excluding hydrogens is 242 g/mol. The van der Waals surface area contributed by atoms with Crippen LogP contribution in [0.3, 0.4) is 0 Å². The van der Waals surface area contributed by atoms with Crippen LogP contribution in [0.15, 0.2) is 9.59 Å². The van der Waals surface area contributed by atoms with E-state index in [0.717, 1.165) is 0 Å². The number of aromatic nitrogens is 4. The van der Waals surface area contributed by atoms with Gasteiger partial charge < -0.3 is 15.8 Å². The summed E-state index contributed by atoms with van der Waals surface area (Å²) in [6.45, 7) is 1.30. The number of nitrogens with one attached hydrogen (secondary N) is 2. The number of anilines is 1. The molecule has 9 nitrogen and oxygen atoms in total. The molecule has 0 fully saturated rings. The molecule has 2 aromatic rings. The summed E-state index contributed by atoms with van der Waals surface area (Å²) in [6.07, 6.45) is 0. The molecule has 94 valence electrons. The second-order valence-electron chi connectivity index (χ2n) is 3.66. The lowest BCUT2D eigenvalue weighted by molar-refractivity contribution is -0.138. The quantitative estimate of drug-likeness (QED) is 0.521. The van der Waals surface area contributed by atoms with Gasteiger partial charge in [-0.3, -0.25) is 19.4 Å². The summed E-state index contributed by atoms with van der Waals surface area (Å²) < 4.78 is 0.